The van der Waals surface area contributed by atoms with Gasteiger partial charge in [-0.3, -0.25) is 4.79 Å². The molecule has 1 rings (SSSR count). The predicted octanol–water partition coefficient (Wildman–Crippen LogP) is 1.38. The highest BCUT2D eigenvalue weighted by atomic mass is 16.5. The molecule has 0 spiro atoms. The third-order valence-corrected chi connectivity index (χ3v) is 2.68. The minimum absolute atomic E-state index is 0.0168. The standard InChI is InChI=1S/C16H22N2O2/c1-3-10-20-13-16(19)18(2)12-15-7-4-6-14(11-15)8-5-9-17/h4,6-7,11H,3,9-10,12-13,17H2,1-2H3. The fraction of sp³-hybridized carbons (Fsp3) is 0.438. The molecule has 0 heterocycles. The first-order chi connectivity index (χ1) is 9.67. The van der Waals surface area contributed by atoms with Crippen LogP contribution in [0.15, 0.2) is 24.3 Å². The molecule has 4 heteroatoms. The van der Waals surface area contributed by atoms with Gasteiger partial charge < -0.3 is 15.4 Å². The van der Waals surface area contributed by atoms with E-state index < -0.39 is 0 Å². The minimum atomic E-state index is -0.0168. The Morgan fingerprint density at radius 3 is 2.95 bits per heavy atom. The third-order valence-electron chi connectivity index (χ3n) is 2.68. The van der Waals surface area contributed by atoms with Crippen molar-refractivity contribution in [1.82, 2.24) is 4.90 Å². The molecule has 0 aromatic heterocycles. The molecule has 2 N–H and O–H groups in total. The van der Waals surface area contributed by atoms with Gasteiger partial charge in [0.1, 0.15) is 6.61 Å². The van der Waals surface area contributed by atoms with E-state index in [9.17, 15) is 4.79 Å². The Balaban J connectivity index is 2.56. The van der Waals surface area contributed by atoms with Crippen molar-refractivity contribution in [3.8, 4) is 11.8 Å². The van der Waals surface area contributed by atoms with Crippen LogP contribution in [0.5, 0.6) is 0 Å². The van der Waals surface area contributed by atoms with Gasteiger partial charge in [0.2, 0.25) is 5.91 Å². The summed E-state index contributed by atoms with van der Waals surface area (Å²) in [4.78, 5) is 13.5. The molecule has 1 amide bonds. The van der Waals surface area contributed by atoms with E-state index in [4.69, 9.17) is 10.5 Å². The van der Waals surface area contributed by atoms with Crippen LogP contribution in [0, 0.1) is 11.8 Å². The number of likely N-dealkylation sites (N-methyl/N-ethyl adjacent to an activating group) is 1. The van der Waals surface area contributed by atoms with Crippen LogP contribution in [0.25, 0.3) is 0 Å². The molecule has 0 unspecified atom stereocenters. The summed E-state index contributed by atoms with van der Waals surface area (Å²) in [5, 5.41) is 0. The van der Waals surface area contributed by atoms with Crippen molar-refractivity contribution in [2.75, 3.05) is 26.8 Å². The van der Waals surface area contributed by atoms with E-state index in [-0.39, 0.29) is 12.5 Å². The van der Waals surface area contributed by atoms with E-state index >= 15 is 0 Å². The zero-order valence-corrected chi connectivity index (χ0v) is 12.2. The van der Waals surface area contributed by atoms with Gasteiger partial charge in [0, 0.05) is 25.8 Å². The van der Waals surface area contributed by atoms with Crippen molar-refractivity contribution in [3.63, 3.8) is 0 Å². The van der Waals surface area contributed by atoms with Crippen LogP contribution in [0.1, 0.15) is 24.5 Å². The highest BCUT2D eigenvalue weighted by Crippen LogP contribution is 2.07. The highest BCUT2D eigenvalue weighted by molar-refractivity contribution is 5.77. The van der Waals surface area contributed by atoms with Gasteiger partial charge in [-0.15, -0.1) is 0 Å². The number of rotatable bonds is 6. The number of ether oxygens (including phenoxy) is 1. The van der Waals surface area contributed by atoms with Crippen molar-refractivity contribution in [2.24, 2.45) is 5.73 Å². The molecule has 0 bridgehead atoms. The molecule has 1 aromatic rings. The Labute approximate surface area is 120 Å². The summed E-state index contributed by atoms with van der Waals surface area (Å²) in [6.45, 7) is 3.66. The first-order valence-corrected chi connectivity index (χ1v) is 6.77. The SMILES string of the molecule is CCCOCC(=O)N(C)Cc1cccc(C#CCN)c1. The van der Waals surface area contributed by atoms with Gasteiger partial charge >= 0.3 is 0 Å². The van der Waals surface area contributed by atoms with Crippen LogP contribution in [-0.4, -0.2) is 37.6 Å². The van der Waals surface area contributed by atoms with Crippen LogP contribution in [0.3, 0.4) is 0 Å². The molecule has 0 fully saturated rings. The topological polar surface area (TPSA) is 55.6 Å². The molecule has 4 nitrogen and oxygen atoms in total. The summed E-state index contributed by atoms with van der Waals surface area (Å²) >= 11 is 0. The van der Waals surface area contributed by atoms with Gasteiger partial charge in [-0.25, -0.2) is 0 Å². The normalized spacial score (nSPS) is 9.75. The largest absolute Gasteiger partial charge is 0.372 e. The van der Waals surface area contributed by atoms with Gasteiger partial charge in [-0.1, -0.05) is 30.9 Å². The minimum Gasteiger partial charge on any atom is -0.372 e. The maximum atomic E-state index is 11.8. The lowest BCUT2D eigenvalue weighted by molar-refractivity contribution is -0.135. The van der Waals surface area contributed by atoms with E-state index in [1.54, 1.807) is 11.9 Å². The fourth-order valence-corrected chi connectivity index (χ4v) is 1.68. The zero-order valence-electron chi connectivity index (χ0n) is 12.2. The van der Waals surface area contributed by atoms with Crippen molar-refractivity contribution in [1.29, 1.82) is 0 Å². The van der Waals surface area contributed by atoms with Crippen molar-refractivity contribution in [2.45, 2.75) is 19.9 Å². The lowest BCUT2D eigenvalue weighted by atomic mass is 10.1. The van der Waals surface area contributed by atoms with Crippen LogP contribution in [0.2, 0.25) is 0 Å². The number of hydrogen-bond acceptors (Lipinski definition) is 3. The van der Waals surface area contributed by atoms with Gasteiger partial charge in [0.05, 0.1) is 6.54 Å². The van der Waals surface area contributed by atoms with Crippen molar-refractivity contribution < 1.29 is 9.53 Å². The summed E-state index contributed by atoms with van der Waals surface area (Å²) in [7, 11) is 1.77. The summed E-state index contributed by atoms with van der Waals surface area (Å²) in [5.74, 6) is 5.79. The predicted molar refractivity (Wildman–Crippen MR) is 80.0 cm³/mol. The van der Waals surface area contributed by atoms with Crippen LogP contribution < -0.4 is 5.73 Å². The Hall–Kier alpha value is -1.83. The van der Waals surface area contributed by atoms with E-state index in [1.807, 2.05) is 31.2 Å². The van der Waals surface area contributed by atoms with Gasteiger partial charge in [0.25, 0.3) is 0 Å². The Morgan fingerprint density at radius 2 is 2.25 bits per heavy atom. The van der Waals surface area contributed by atoms with Crippen molar-refractivity contribution >= 4 is 5.91 Å². The third kappa shape index (κ3) is 5.87. The Morgan fingerprint density at radius 1 is 1.45 bits per heavy atom. The maximum absolute atomic E-state index is 11.8. The lowest BCUT2D eigenvalue weighted by Crippen LogP contribution is -2.30. The molecule has 0 atom stereocenters. The second-order valence-corrected chi connectivity index (χ2v) is 4.51. The lowest BCUT2D eigenvalue weighted by Gasteiger charge is -2.17. The molecule has 1 aromatic carbocycles. The van der Waals surface area contributed by atoms with Crippen LogP contribution >= 0.6 is 0 Å². The van der Waals surface area contributed by atoms with Gasteiger partial charge in [-0.05, 0) is 24.1 Å². The molecule has 0 radical (unpaired) electrons. The molecule has 0 saturated carbocycles. The fourth-order valence-electron chi connectivity index (χ4n) is 1.68. The quantitative estimate of drug-likeness (QED) is 0.630. The van der Waals surface area contributed by atoms with E-state index in [0.717, 1.165) is 17.5 Å². The van der Waals surface area contributed by atoms with Gasteiger partial charge in [0.15, 0.2) is 0 Å². The van der Waals surface area contributed by atoms with E-state index in [1.165, 1.54) is 0 Å². The molecule has 0 aliphatic rings. The van der Waals surface area contributed by atoms with E-state index in [2.05, 4.69) is 11.8 Å². The molecular formula is C16H22N2O2. The molecule has 0 saturated heterocycles. The average molecular weight is 274 g/mol. The smallest absolute Gasteiger partial charge is 0.248 e. The Kier molecular flexibility index (Phi) is 7.41. The molecule has 0 aliphatic carbocycles. The monoisotopic (exact) mass is 274 g/mol. The number of carbonyl (C=O) groups excluding carboxylic acids is 1. The highest BCUT2D eigenvalue weighted by Gasteiger charge is 2.09. The first-order valence-electron chi connectivity index (χ1n) is 6.77. The second-order valence-electron chi connectivity index (χ2n) is 4.51. The maximum Gasteiger partial charge on any atom is 0.248 e. The second kappa shape index (κ2) is 9.13. The zero-order chi connectivity index (χ0) is 14.8. The molecule has 108 valence electrons. The Bertz CT molecular complexity index is 489. The molecular weight excluding hydrogens is 252 g/mol. The summed E-state index contributed by atoms with van der Waals surface area (Å²) in [6.07, 6.45) is 0.916. The number of carbonyl (C=O) groups is 1. The summed E-state index contributed by atoms with van der Waals surface area (Å²) in [5.41, 5.74) is 7.31. The van der Waals surface area contributed by atoms with Crippen molar-refractivity contribution in [3.05, 3.63) is 35.4 Å². The average Bonchev–Trinajstić information content (AvgIpc) is 2.45. The number of benzene rings is 1. The summed E-state index contributed by atoms with van der Waals surface area (Å²) < 4.78 is 5.25. The van der Waals surface area contributed by atoms with Crippen LogP contribution in [0.4, 0.5) is 0 Å². The van der Waals surface area contributed by atoms with Crippen LogP contribution in [-0.2, 0) is 16.1 Å². The number of amides is 1. The van der Waals surface area contributed by atoms with E-state index in [0.29, 0.717) is 19.7 Å². The molecule has 0 aliphatic heterocycles. The molecule has 20 heavy (non-hydrogen) atoms. The summed E-state index contributed by atoms with van der Waals surface area (Å²) in [6, 6.07) is 7.81. The number of hydrogen-bond donors (Lipinski definition) is 1. The first kappa shape index (κ1) is 16.2. The number of nitrogens with zero attached hydrogens (tertiary/aromatic N) is 1. The van der Waals surface area contributed by atoms with Gasteiger partial charge in [-0.2, -0.15) is 0 Å². The number of nitrogens with two attached hydrogens (primary N) is 1.